The summed E-state index contributed by atoms with van der Waals surface area (Å²) in [7, 11) is 4.62. The second kappa shape index (κ2) is 11.6. The second-order valence-corrected chi connectivity index (χ2v) is 7.43. The third-order valence-corrected chi connectivity index (χ3v) is 5.16. The number of guanidine groups is 1. The van der Waals surface area contributed by atoms with Gasteiger partial charge in [0, 0.05) is 44.5 Å². The minimum atomic E-state index is -4.51. The van der Waals surface area contributed by atoms with E-state index < -0.39 is 11.9 Å². The van der Waals surface area contributed by atoms with Gasteiger partial charge in [-0.25, -0.2) is 0 Å². The van der Waals surface area contributed by atoms with Crippen LogP contribution in [0.5, 0.6) is 11.5 Å². The topological polar surface area (TPSA) is 72.7 Å². The molecule has 0 spiro atoms. The number of aliphatic imine (C=N–C) groups is 1. The molecule has 32 heavy (non-hydrogen) atoms. The van der Waals surface area contributed by atoms with Crippen molar-refractivity contribution in [2.75, 3.05) is 14.2 Å². The third-order valence-electron chi connectivity index (χ3n) is 5.16. The average Bonchev–Trinajstić information content (AvgIpc) is 3.38. The third kappa shape index (κ3) is 6.66. The number of benzene rings is 1. The number of rotatable bonds is 7. The SMILES string of the molecule is CN=C(NCc1cn(C)nc1C(F)(F)F)NCc1cccc(OC)c1OC1CCCC1.I. The number of hydrogen-bond acceptors (Lipinski definition) is 4. The molecule has 2 aromatic rings. The molecule has 1 aliphatic rings. The highest BCUT2D eigenvalue weighted by Crippen LogP contribution is 2.35. The van der Waals surface area contributed by atoms with Crippen molar-refractivity contribution in [1.29, 1.82) is 0 Å². The number of nitrogens with one attached hydrogen (secondary N) is 2. The number of ether oxygens (including phenoxy) is 2. The van der Waals surface area contributed by atoms with Gasteiger partial charge in [-0.2, -0.15) is 18.3 Å². The van der Waals surface area contributed by atoms with Crippen molar-refractivity contribution >= 4 is 29.9 Å². The number of halogens is 4. The molecule has 1 saturated carbocycles. The van der Waals surface area contributed by atoms with Gasteiger partial charge in [-0.05, 0) is 31.7 Å². The Morgan fingerprint density at radius 3 is 2.44 bits per heavy atom. The lowest BCUT2D eigenvalue weighted by molar-refractivity contribution is -0.142. The smallest absolute Gasteiger partial charge is 0.435 e. The molecule has 0 unspecified atom stereocenters. The van der Waals surface area contributed by atoms with Crippen LogP contribution in [0.15, 0.2) is 29.4 Å². The van der Waals surface area contributed by atoms with Crippen LogP contribution < -0.4 is 20.1 Å². The summed E-state index contributed by atoms with van der Waals surface area (Å²) >= 11 is 0. The van der Waals surface area contributed by atoms with E-state index in [0.717, 1.165) is 35.9 Å². The Hall–Kier alpha value is -2.18. The number of aromatic nitrogens is 2. The van der Waals surface area contributed by atoms with E-state index in [2.05, 4.69) is 20.7 Å². The molecule has 0 atom stereocenters. The number of nitrogens with zero attached hydrogens (tertiary/aromatic N) is 3. The predicted molar refractivity (Wildman–Crippen MR) is 127 cm³/mol. The first kappa shape index (κ1) is 26.1. The Labute approximate surface area is 202 Å². The first-order chi connectivity index (χ1) is 14.8. The molecule has 1 heterocycles. The van der Waals surface area contributed by atoms with Crippen molar-refractivity contribution in [3.05, 3.63) is 41.2 Å². The minimum Gasteiger partial charge on any atom is -0.493 e. The monoisotopic (exact) mass is 567 g/mol. The van der Waals surface area contributed by atoms with Gasteiger partial charge in [0.15, 0.2) is 23.2 Å². The lowest BCUT2D eigenvalue weighted by Crippen LogP contribution is -2.36. The van der Waals surface area contributed by atoms with E-state index in [9.17, 15) is 13.2 Å². The van der Waals surface area contributed by atoms with E-state index in [1.807, 2.05) is 18.2 Å². The van der Waals surface area contributed by atoms with E-state index in [4.69, 9.17) is 9.47 Å². The normalized spacial score (nSPS) is 14.8. The van der Waals surface area contributed by atoms with E-state index in [-0.39, 0.29) is 42.2 Å². The van der Waals surface area contributed by atoms with Gasteiger partial charge in [-0.15, -0.1) is 24.0 Å². The van der Waals surface area contributed by atoms with E-state index in [1.165, 1.54) is 13.2 Å². The molecule has 178 valence electrons. The maximum atomic E-state index is 13.1. The predicted octanol–water partition coefficient (Wildman–Crippen LogP) is 4.25. The van der Waals surface area contributed by atoms with E-state index >= 15 is 0 Å². The Balaban J connectivity index is 0.00000363. The van der Waals surface area contributed by atoms with Crippen molar-refractivity contribution in [2.24, 2.45) is 12.0 Å². The Bertz CT molecular complexity index is 911. The molecule has 0 radical (unpaired) electrons. The van der Waals surface area contributed by atoms with Crippen molar-refractivity contribution in [2.45, 2.75) is 51.1 Å². The molecule has 1 aliphatic carbocycles. The Morgan fingerprint density at radius 1 is 1.19 bits per heavy atom. The van der Waals surface area contributed by atoms with Crippen LogP contribution in [0.2, 0.25) is 0 Å². The maximum absolute atomic E-state index is 13.1. The van der Waals surface area contributed by atoms with Gasteiger partial charge in [0.25, 0.3) is 0 Å². The number of hydrogen-bond donors (Lipinski definition) is 2. The van der Waals surface area contributed by atoms with Gasteiger partial charge in [-0.1, -0.05) is 12.1 Å². The van der Waals surface area contributed by atoms with Crippen LogP contribution >= 0.6 is 24.0 Å². The van der Waals surface area contributed by atoms with E-state index in [0.29, 0.717) is 24.0 Å². The Morgan fingerprint density at radius 2 is 1.84 bits per heavy atom. The van der Waals surface area contributed by atoms with Crippen LogP contribution in [0.25, 0.3) is 0 Å². The molecule has 0 aliphatic heterocycles. The summed E-state index contributed by atoms with van der Waals surface area (Å²) in [5, 5.41) is 9.57. The zero-order chi connectivity index (χ0) is 22.4. The molecule has 3 rings (SSSR count). The lowest BCUT2D eigenvalue weighted by atomic mass is 10.1. The van der Waals surface area contributed by atoms with Crippen LogP contribution in [0.1, 0.15) is 42.5 Å². The second-order valence-electron chi connectivity index (χ2n) is 7.43. The molecule has 0 amide bonds. The van der Waals surface area contributed by atoms with Crippen LogP contribution in [0.4, 0.5) is 13.2 Å². The number of aryl methyl sites for hydroxylation is 1. The first-order valence-corrected chi connectivity index (χ1v) is 10.2. The highest BCUT2D eigenvalue weighted by Gasteiger charge is 2.36. The van der Waals surface area contributed by atoms with Crippen molar-refractivity contribution in [3.63, 3.8) is 0 Å². The fourth-order valence-electron chi connectivity index (χ4n) is 3.65. The first-order valence-electron chi connectivity index (χ1n) is 10.2. The summed E-state index contributed by atoms with van der Waals surface area (Å²) in [5.41, 5.74) is 0.0224. The molecule has 1 fully saturated rings. The molecule has 7 nitrogen and oxygen atoms in total. The summed E-state index contributed by atoms with van der Waals surface area (Å²) in [6.45, 7) is 0.310. The zero-order valence-corrected chi connectivity index (χ0v) is 20.7. The van der Waals surface area contributed by atoms with Gasteiger partial charge in [0.05, 0.1) is 13.2 Å². The van der Waals surface area contributed by atoms with Gasteiger partial charge >= 0.3 is 6.18 Å². The molecule has 0 bridgehead atoms. The summed E-state index contributed by atoms with van der Waals surface area (Å²) in [6, 6.07) is 5.65. The lowest BCUT2D eigenvalue weighted by Gasteiger charge is -2.20. The fraction of sp³-hybridized carbons (Fsp3) is 0.524. The molecular formula is C21H29F3IN5O2. The molecule has 0 saturated heterocycles. The Kier molecular flexibility index (Phi) is 9.47. The van der Waals surface area contributed by atoms with Crippen LogP contribution in [0, 0.1) is 0 Å². The summed E-state index contributed by atoms with van der Waals surface area (Å²) < 4.78 is 52.3. The number of para-hydroxylation sites is 1. The van der Waals surface area contributed by atoms with Crippen LogP contribution in [0.3, 0.4) is 0 Å². The minimum absolute atomic E-state index is 0. The molecule has 1 aromatic heterocycles. The number of methoxy groups -OCH3 is 1. The van der Waals surface area contributed by atoms with Crippen molar-refractivity contribution in [3.8, 4) is 11.5 Å². The highest BCUT2D eigenvalue weighted by atomic mass is 127. The van der Waals surface area contributed by atoms with Gasteiger partial charge < -0.3 is 20.1 Å². The zero-order valence-electron chi connectivity index (χ0n) is 18.3. The molecule has 1 aromatic carbocycles. The molecule has 2 N–H and O–H groups in total. The van der Waals surface area contributed by atoms with Gasteiger partial charge in [0.1, 0.15) is 0 Å². The highest BCUT2D eigenvalue weighted by molar-refractivity contribution is 14.0. The van der Waals surface area contributed by atoms with E-state index in [1.54, 1.807) is 14.2 Å². The molecule has 11 heteroatoms. The van der Waals surface area contributed by atoms with Gasteiger partial charge in [0.2, 0.25) is 0 Å². The van der Waals surface area contributed by atoms with Crippen molar-refractivity contribution in [1.82, 2.24) is 20.4 Å². The summed E-state index contributed by atoms with van der Waals surface area (Å²) in [5.74, 6) is 1.71. The van der Waals surface area contributed by atoms with Crippen LogP contribution in [-0.4, -0.2) is 36.0 Å². The quantitative estimate of drug-likeness (QED) is 0.298. The average molecular weight is 567 g/mol. The maximum Gasteiger partial charge on any atom is 0.435 e. The van der Waals surface area contributed by atoms with Crippen molar-refractivity contribution < 1.29 is 22.6 Å². The molecular weight excluding hydrogens is 538 g/mol. The largest absolute Gasteiger partial charge is 0.493 e. The number of alkyl halides is 3. The summed E-state index contributed by atoms with van der Waals surface area (Å²) in [4.78, 5) is 4.11. The standard InChI is InChI=1S/C21H28F3N5O2.HI/c1-25-20(27-12-15-13-29(2)28-19(15)21(22,23)24)26-11-14-7-6-10-17(30-3)18(14)31-16-8-4-5-9-16;/h6-7,10,13,16H,4-5,8-9,11-12H2,1-3H3,(H2,25,26,27);1H. The fourth-order valence-corrected chi connectivity index (χ4v) is 3.65. The van der Waals surface area contributed by atoms with Gasteiger partial charge in [-0.3, -0.25) is 9.67 Å². The van der Waals surface area contributed by atoms with Crippen LogP contribution in [-0.2, 0) is 26.3 Å². The summed E-state index contributed by atoms with van der Waals surface area (Å²) in [6.07, 6.45) is 1.33.